The Kier molecular flexibility index (Phi) is 15.1. The van der Waals surface area contributed by atoms with Crippen molar-refractivity contribution in [3.05, 3.63) is 138 Å². The molecule has 0 radical (unpaired) electrons. The summed E-state index contributed by atoms with van der Waals surface area (Å²) >= 11 is 0. The minimum absolute atomic E-state index is 0.0462. The first kappa shape index (κ1) is 43.4. The quantitative estimate of drug-likeness (QED) is 0.0865. The van der Waals surface area contributed by atoms with Crippen molar-refractivity contribution in [3.63, 3.8) is 0 Å². The van der Waals surface area contributed by atoms with Gasteiger partial charge in [0.15, 0.2) is 0 Å². The zero-order valence-electron chi connectivity index (χ0n) is 34.9. The number of hydrazine groups is 1. The molecule has 58 heavy (non-hydrogen) atoms. The number of carbonyl (C=O) groups is 4. The Morgan fingerprint density at radius 1 is 0.741 bits per heavy atom. The summed E-state index contributed by atoms with van der Waals surface area (Å²) in [6, 6.07) is 34.3. The zero-order chi connectivity index (χ0) is 41.8. The third-order valence-electron chi connectivity index (χ3n) is 10.0. The molecule has 0 fully saturated rings. The van der Waals surface area contributed by atoms with Gasteiger partial charge in [-0.2, -0.15) is 0 Å². The fourth-order valence-corrected chi connectivity index (χ4v) is 7.47. The highest BCUT2D eigenvalue weighted by molar-refractivity contribution is 5.90. The van der Waals surface area contributed by atoms with Crippen molar-refractivity contribution in [1.82, 2.24) is 15.8 Å². The summed E-state index contributed by atoms with van der Waals surface area (Å²) in [6.45, 7) is 13.6. The van der Waals surface area contributed by atoms with E-state index < -0.39 is 47.4 Å². The van der Waals surface area contributed by atoms with Crippen LogP contribution >= 0.6 is 0 Å². The average Bonchev–Trinajstić information content (AvgIpc) is 3.50. The maximum absolute atomic E-state index is 14.6. The molecule has 306 valence electrons. The highest BCUT2D eigenvalue weighted by atomic mass is 16.6. The molecule has 0 heterocycles. The van der Waals surface area contributed by atoms with Gasteiger partial charge in [0.2, 0.25) is 5.91 Å². The first-order valence-electron chi connectivity index (χ1n) is 20.4. The first-order valence-corrected chi connectivity index (χ1v) is 20.4. The fraction of sp³-hybridized carbons (Fsp3) is 0.388. The summed E-state index contributed by atoms with van der Waals surface area (Å²) < 4.78 is 11.8. The van der Waals surface area contributed by atoms with Crippen LogP contribution in [-0.2, 0) is 30.3 Å². The predicted octanol–water partition coefficient (Wildman–Crippen LogP) is 9.38. The standard InChI is InChI=1S/C49H59N3O6/c1-33(2)29-42(41(47(55)58-49(5,6)7)28-18-23-35-19-10-8-11-20-35)45(53)51-52(31-34(3)4)46(54)44(30-36-21-12-9-13-22-36)50-48(56)57-32-43-39-26-16-14-24-37(39)38-25-15-17-27-40(38)43/h8-27,33-34,41-44H,28-32H2,1-7H3,(H,50,56)(H,51,53)/t41-,42+,44+/m0/s1. The molecule has 4 aromatic carbocycles. The number of nitrogens with one attached hydrogen (secondary N) is 2. The lowest BCUT2D eigenvalue weighted by Gasteiger charge is -2.33. The molecular weight excluding hydrogens is 727 g/mol. The zero-order valence-corrected chi connectivity index (χ0v) is 34.9. The molecule has 0 spiro atoms. The lowest BCUT2D eigenvalue weighted by Crippen LogP contribution is -2.58. The van der Waals surface area contributed by atoms with Crippen LogP contribution in [0, 0.1) is 23.7 Å². The highest BCUT2D eigenvalue weighted by Crippen LogP contribution is 2.44. The van der Waals surface area contributed by atoms with Gasteiger partial charge >= 0.3 is 12.1 Å². The number of amides is 3. The number of hydrogen-bond donors (Lipinski definition) is 2. The number of ether oxygens (including phenoxy) is 2. The summed E-state index contributed by atoms with van der Waals surface area (Å²) in [5.74, 6) is -3.24. The van der Waals surface area contributed by atoms with Crippen LogP contribution in [0.5, 0.6) is 0 Å². The Labute approximate surface area is 344 Å². The van der Waals surface area contributed by atoms with Crippen molar-refractivity contribution in [2.75, 3.05) is 13.2 Å². The van der Waals surface area contributed by atoms with Crippen LogP contribution in [0.4, 0.5) is 4.79 Å². The molecule has 3 amide bonds. The summed E-state index contributed by atoms with van der Waals surface area (Å²) in [6.07, 6.45) is 3.89. The van der Waals surface area contributed by atoms with E-state index in [1.54, 1.807) is 20.8 Å². The smallest absolute Gasteiger partial charge is 0.407 e. The van der Waals surface area contributed by atoms with E-state index in [-0.39, 0.29) is 43.7 Å². The van der Waals surface area contributed by atoms with Crippen molar-refractivity contribution in [2.45, 2.75) is 85.3 Å². The van der Waals surface area contributed by atoms with Crippen LogP contribution in [-0.4, -0.2) is 53.7 Å². The van der Waals surface area contributed by atoms with Gasteiger partial charge in [0, 0.05) is 18.9 Å². The number of benzene rings is 4. The van der Waals surface area contributed by atoms with E-state index in [1.165, 1.54) is 5.01 Å². The van der Waals surface area contributed by atoms with Crippen LogP contribution in [0.1, 0.15) is 89.5 Å². The number of alkyl carbamates (subject to hydrolysis) is 1. The second kappa shape index (κ2) is 20.1. The Hall–Kier alpha value is -5.70. The van der Waals surface area contributed by atoms with E-state index in [0.29, 0.717) is 6.42 Å². The van der Waals surface area contributed by atoms with Gasteiger partial charge in [-0.1, -0.05) is 149 Å². The molecule has 0 aromatic heterocycles. The minimum Gasteiger partial charge on any atom is -0.460 e. The predicted molar refractivity (Wildman–Crippen MR) is 229 cm³/mol. The van der Waals surface area contributed by atoms with Crippen molar-refractivity contribution in [1.29, 1.82) is 0 Å². The Morgan fingerprint density at radius 2 is 1.31 bits per heavy atom. The van der Waals surface area contributed by atoms with Crippen LogP contribution in [0.3, 0.4) is 0 Å². The van der Waals surface area contributed by atoms with Crippen molar-refractivity contribution in [2.24, 2.45) is 23.7 Å². The highest BCUT2D eigenvalue weighted by Gasteiger charge is 2.38. The minimum atomic E-state index is -1.07. The normalized spacial score (nSPS) is 14.0. The third kappa shape index (κ3) is 12.2. The molecule has 3 atom stereocenters. The molecule has 1 aliphatic carbocycles. The van der Waals surface area contributed by atoms with Gasteiger partial charge in [-0.25, -0.2) is 4.79 Å². The van der Waals surface area contributed by atoms with Gasteiger partial charge in [-0.15, -0.1) is 0 Å². The molecule has 5 rings (SSSR count). The van der Waals surface area contributed by atoms with Gasteiger partial charge < -0.3 is 14.8 Å². The first-order chi connectivity index (χ1) is 27.7. The lowest BCUT2D eigenvalue weighted by atomic mass is 9.82. The van der Waals surface area contributed by atoms with E-state index in [9.17, 15) is 19.2 Å². The molecule has 0 saturated heterocycles. The molecule has 9 heteroatoms. The fourth-order valence-electron chi connectivity index (χ4n) is 7.47. The van der Waals surface area contributed by atoms with E-state index >= 15 is 0 Å². The molecule has 0 bridgehead atoms. The number of rotatable bonds is 16. The maximum atomic E-state index is 14.6. The van der Waals surface area contributed by atoms with Crippen LogP contribution < -0.4 is 10.7 Å². The number of esters is 1. The molecule has 0 unspecified atom stereocenters. The number of fused-ring (bicyclic) bond motifs is 3. The van der Waals surface area contributed by atoms with Gasteiger partial charge in [-0.05, 0) is 78.8 Å². The average molecular weight is 786 g/mol. The SMILES string of the molecule is CC(C)C[C@@H](C(=O)NN(CC(C)C)C(=O)[C@@H](Cc1ccccc1)NC(=O)OCC1c2ccccc2-c2ccccc21)[C@H](CC=Cc1ccccc1)C(=O)OC(C)(C)C. The van der Waals surface area contributed by atoms with Gasteiger partial charge in [0.05, 0.1) is 11.8 Å². The molecule has 0 aliphatic heterocycles. The number of hydrogen-bond acceptors (Lipinski definition) is 6. The van der Waals surface area contributed by atoms with Crippen molar-refractivity contribution in [3.8, 4) is 11.1 Å². The molecule has 2 N–H and O–H groups in total. The van der Waals surface area contributed by atoms with E-state index in [1.807, 2.05) is 125 Å². The van der Waals surface area contributed by atoms with Crippen molar-refractivity contribution >= 4 is 30.0 Å². The van der Waals surface area contributed by atoms with Crippen LogP contribution in [0.2, 0.25) is 0 Å². The number of carbonyl (C=O) groups excluding carboxylic acids is 4. The summed E-state index contributed by atoms with van der Waals surface area (Å²) in [7, 11) is 0. The van der Waals surface area contributed by atoms with Gasteiger partial charge in [-0.3, -0.25) is 24.8 Å². The molecule has 1 aliphatic rings. The number of allylic oxidation sites excluding steroid dienone is 1. The van der Waals surface area contributed by atoms with Crippen LogP contribution in [0.15, 0.2) is 115 Å². The van der Waals surface area contributed by atoms with Crippen LogP contribution in [0.25, 0.3) is 17.2 Å². The third-order valence-corrected chi connectivity index (χ3v) is 10.0. The van der Waals surface area contributed by atoms with Crippen molar-refractivity contribution < 1.29 is 28.7 Å². The Morgan fingerprint density at radius 3 is 1.88 bits per heavy atom. The number of nitrogens with zero attached hydrogens (tertiary/aromatic N) is 1. The summed E-state index contributed by atoms with van der Waals surface area (Å²) in [4.78, 5) is 56.7. The monoisotopic (exact) mass is 785 g/mol. The maximum Gasteiger partial charge on any atom is 0.407 e. The lowest BCUT2D eigenvalue weighted by molar-refractivity contribution is -0.165. The molecule has 4 aromatic rings. The van der Waals surface area contributed by atoms with E-state index in [2.05, 4.69) is 35.0 Å². The summed E-state index contributed by atoms with van der Waals surface area (Å²) in [5.41, 5.74) is 8.32. The van der Waals surface area contributed by atoms with E-state index in [4.69, 9.17) is 9.47 Å². The second-order valence-corrected chi connectivity index (χ2v) is 17.0. The Bertz CT molecular complexity index is 1980. The largest absolute Gasteiger partial charge is 0.460 e. The molecular formula is C49H59N3O6. The molecule has 0 saturated carbocycles. The second-order valence-electron chi connectivity index (χ2n) is 17.0. The topological polar surface area (TPSA) is 114 Å². The van der Waals surface area contributed by atoms with Gasteiger partial charge in [0.25, 0.3) is 5.91 Å². The molecule has 9 nitrogen and oxygen atoms in total. The van der Waals surface area contributed by atoms with Gasteiger partial charge in [0.1, 0.15) is 18.2 Å². The summed E-state index contributed by atoms with van der Waals surface area (Å²) in [5, 5.41) is 4.14. The Balaban J connectivity index is 1.38. The van der Waals surface area contributed by atoms with E-state index in [0.717, 1.165) is 33.4 Å².